The minimum atomic E-state index is -0.285. The number of piperidine rings is 1. The molecule has 0 aromatic heterocycles. The third-order valence-electron chi connectivity index (χ3n) is 3.52. The molecule has 0 radical (unpaired) electrons. The Labute approximate surface area is 113 Å². The summed E-state index contributed by atoms with van der Waals surface area (Å²) in [6.07, 6.45) is 3.17. The fourth-order valence-electron chi connectivity index (χ4n) is 2.84. The second kappa shape index (κ2) is 6.00. The van der Waals surface area contributed by atoms with Crippen molar-refractivity contribution in [2.45, 2.75) is 38.3 Å². The molecule has 1 aromatic carbocycles. The van der Waals surface area contributed by atoms with Gasteiger partial charge in [0.1, 0.15) is 5.82 Å². The predicted octanol–water partition coefficient (Wildman–Crippen LogP) is 3.35. The predicted molar refractivity (Wildman–Crippen MR) is 73.2 cm³/mol. The first-order valence-corrected chi connectivity index (χ1v) is 6.95. The molecule has 1 fully saturated rings. The summed E-state index contributed by atoms with van der Waals surface area (Å²) in [6.45, 7) is 4.17. The van der Waals surface area contributed by atoms with Crippen molar-refractivity contribution in [1.29, 1.82) is 0 Å². The van der Waals surface area contributed by atoms with Crippen molar-refractivity contribution in [3.8, 4) is 0 Å². The maximum Gasteiger partial charge on any atom is 0.125 e. The van der Waals surface area contributed by atoms with Crippen molar-refractivity contribution in [1.82, 2.24) is 4.90 Å². The summed E-state index contributed by atoms with van der Waals surface area (Å²) in [6, 6.07) is 4.88. The van der Waals surface area contributed by atoms with Crippen molar-refractivity contribution in [2.75, 3.05) is 13.1 Å². The fourth-order valence-corrected chi connectivity index (χ4v) is 3.07. The highest BCUT2D eigenvalue weighted by atomic mass is 35.5. The third kappa shape index (κ3) is 3.02. The lowest BCUT2D eigenvalue weighted by Crippen LogP contribution is -2.46. The second-order valence-electron chi connectivity index (χ2n) is 4.99. The molecule has 2 N–H and O–H groups in total. The van der Waals surface area contributed by atoms with Crippen LogP contribution in [-0.2, 0) is 0 Å². The number of hydrogen-bond donors (Lipinski definition) is 1. The van der Waals surface area contributed by atoms with Crippen LogP contribution >= 0.6 is 11.6 Å². The summed E-state index contributed by atoms with van der Waals surface area (Å²) in [5, 5.41) is 0.444. The van der Waals surface area contributed by atoms with Gasteiger partial charge in [-0.1, -0.05) is 18.5 Å². The van der Waals surface area contributed by atoms with Crippen LogP contribution < -0.4 is 5.73 Å². The molecule has 18 heavy (non-hydrogen) atoms. The molecule has 1 aliphatic heterocycles. The Morgan fingerprint density at radius 1 is 1.44 bits per heavy atom. The number of benzene rings is 1. The number of likely N-dealkylation sites (tertiary alicyclic amines) is 1. The molecule has 2 atom stereocenters. The zero-order valence-corrected chi connectivity index (χ0v) is 11.5. The van der Waals surface area contributed by atoms with Crippen LogP contribution in [0.2, 0.25) is 5.02 Å². The Bertz CT molecular complexity index is 389. The lowest BCUT2D eigenvalue weighted by atomic mass is 9.91. The maximum absolute atomic E-state index is 13.5. The average molecular weight is 271 g/mol. The van der Waals surface area contributed by atoms with E-state index >= 15 is 0 Å². The summed E-state index contributed by atoms with van der Waals surface area (Å²) in [4.78, 5) is 2.35. The van der Waals surface area contributed by atoms with Gasteiger partial charge in [-0.3, -0.25) is 4.90 Å². The topological polar surface area (TPSA) is 29.3 Å². The molecule has 2 nitrogen and oxygen atoms in total. The van der Waals surface area contributed by atoms with Gasteiger partial charge >= 0.3 is 0 Å². The molecule has 1 aromatic rings. The van der Waals surface area contributed by atoms with Crippen LogP contribution in [0, 0.1) is 5.82 Å². The molecule has 2 unspecified atom stereocenters. The van der Waals surface area contributed by atoms with Crippen molar-refractivity contribution in [3.05, 3.63) is 34.6 Å². The average Bonchev–Trinajstić information content (AvgIpc) is 2.28. The molecule has 1 aliphatic rings. The normalized spacial score (nSPS) is 25.3. The van der Waals surface area contributed by atoms with Gasteiger partial charge in [-0.15, -0.1) is 0 Å². The molecule has 1 heterocycles. The molecule has 0 saturated carbocycles. The van der Waals surface area contributed by atoms with Gasteiger partial charge in [0.15, 0.2) is 0 Å². The number of nitrogens with zero attached hydrogens (tertiary/aromatic N) is 1. The van der Waals surface area contributed by atoms with Crippen molar-refractivity contribution >= 4 is 11.6 Å². The minimum absolute atomic E-state index is 0.0585. The summed E-state index contributed by atoms with van der Waals surface area (Å²) in [5.74, 6) is -0.285. The largest absolute Gasteiger partial charge is 0.326 e. The van der Waals surface area contributed by atoms with Gasteiger partial charge in [0.05, 0.1) is 6.04 Å². The first-order valence-electron chi connectivity index (χ1n) is 6.57. The van der Waals surface area contributed by atoms with E-state index in [0.29, 0.717) is 5.02 Å². The fraction of sp³-hybridized carbons (Fsp3) is 0.571. The molecule has 4 heteroatoms. The van der Waals surface area contributed by atoms with E-state index in [1.807, 2.05) is 6.07 Å². The van der Waals surface area contributed by atoms with Gasteiger partial charge in [-0.2, -0.15) is 0 Å². The molecule has 0 amide bonds. The number of halogens is 2. The van der Waals surface area contributed by atoms with Crippen LogP contribution in [0.1, 0.15) is 37.8 Å². The highest BCUT2D eigenvalue weighted by Crippen LogP contribution is 2.32. The lowest BCUT2D eigenvalue weighted by molar-refractivity contribution is 0.128. The van der Waals surface area contributed by atoms with Crippen LogP contribution in [0.15, 0.2) is 18.2 Å². The summed E-state index contributed by atoms with van der Waals surface area (Å²) >= 11 is 5.94. The Hall–Kier alpha value is -0.640. The second-order valence-corrected chi connectivity index (χ2v) is 5.43. The van der Waals surface area contributed by atoms with Gasteiger partial charge in [-0.25, -0.2) is 4.39 Å². The molecule has 0 aliphatic carbocycles. The number of nitrogens with two attached hydrogens (primary N) is 1. The van der Waals surface area contributed by atoms with Gasteiger partial charge in [0.25, 0.3) is 0 Å². The number of rotatable bonds is 3. The van der Waals surface area contributed by atoms with Gasteiger partial charge in [-0.05, 0) is 56.1 Å². The standard InChI is InChI=1S/C14H20ClFN2/c1-2-5-18-6-3-4-13(17)14(18)10-7-11(15)9-12(16)8-10/h7-9,13-14H,2-6,17H2,1H3. The molecule has 0 spiro atoms. The van der Waals surface area contributed by atoms with Crippen LogP contribution in [-0.4, -0.2) is 24.0 Å². The van der Waals surface area contributed by atoms with Gasteiger partial charge < -0.3 is 5.73 Å². The Morgan fingerprint density at radius 3 is 2.89 bits per heavy atom. The highest BCUT2D eigenvalue weighted by Gasteiger charge is 2.30. The van der Waals surface area contributed by atoms with E-state index in [1.54, 1.807) is 6.07 Å². The highest BCUT2D eigenvalue weighted by molar-refractivity contribution is 6.30. The molecule has 100 valence electrons. The monoisotopic (exact) mass is 270 g/mol. The summed E-state index contributed by atoms with van der Waals surface area (Å²) in [5.41, 5.74) is 7.13. The third-order valence-corrected chi connectivity index (χ3v) is 3.74. The molecule has 0 bridgehead atoms. The quantitative estimate of drug-likeness (QED) is 0.913. The van der Waals surface area contributed by atoms with Crippen LogP contribution in [0.4, 0.5) is 4.39 Å². The molecular formula is C14H20ClFN2. The van der Waals surface area contributed by atoms with E-state index in [9.17, 15) is 4.39 Å². The first-order chi connectivity index (χ1) is 8.61. The maximum atomic E-state index is 13.5. The van der Waals surface area contributed by atoms with Gasteiger partial charge in [0.2, 0.25) is 0 Å². The Kier molecular flexibility index (Phi) is 4.60. The molecule has 1 saturated heterocycles. The van der Waals surface area contributed by atoms with E-state index in [-0.39, 0.29) is 17.9 Å². The Balaban J connectivity index is 2.30. The SMILES string of the molecule is CCCN1CCCC(N)C1c1cc(F)cc(Cl)c1. The van der Waals surface area contributed by atoms with E-state index < -0.39 is 0 Å². The van der Waals surface area contributed by atoms with Crippen molar-refractivity contribution < 1.29 is 4.39 Å². The van der Waals surface area contributed by atoms with Crippen LogP contribution in [0.25, 0.3) is 0 Å². The van der Waals surface area contributed by atoms with E-state index in [1.165, 1.54) is 6.07 Å². The first kappa shape index (κ1) is 13.8. The molecule has 2 rings (SSSR count). The van der Waals surface area contributed by atoms with Crippen molar-refractivity contribution in [2.24, 2.45) is 5.73 Å². The Morgan fingerprint density at radius 2 is 2.22 bits per heavy atom. The van der Waals surface area contributed by atoms with Crippen LogP contribution in [0.3, 0.4) is 0 Å². The van der Waals surface area contributed by atoms with E-state index in [0.717, 1.165) is 37.9 Å². The van der Waals surface area contributed by atoms with Gasteiger partial charge in [0, 0.05) is 11.1 Å². The van der Waals surface area contributed by atoms with Crippen LogP contribution in [0.5, 0.6) is 0 Å². The lowest BCUT2D eigenvalue weighted by Gasteiger charge is -2.40. The summed E-state index contributed by atoms with van der Waals surface area (Å²) in [7, 11) is 0. The number of hydrogen-bond acceptors (Lipinski definition) is 2. The minimum Gasteiger partial charge on any atom is -0.326 e. The molecular weight excluding hydrogens is 251 g/mol. The van der Waals surface area contributed by atoms with Crippen molar-refractivity contribution in [3.63, 3.8) is 0 Å². The van der Waals surface area contributed by atoms with E-state index in [2.05, 4.69) is 11.8 Å². The smallest absolute Gasteiger partial charge is 0.125 e. The zero-order valence-electron chi connectivity index (χ0n) is 10.7. The summed E-state index contributed by atoms with van der Waals surface area (Å²) < 4.78 is 13.5. The zero-order chi connectivity index (χ0) is 13.1. The van der Waals surface area contributed by atoms with E-state index in [4.69, 9.17) is 17.3 Å².